The number of carbonyl (C=O) groups is 1. The molecule has 38 heavy (non-hydrogen) atoms. The molecule has 8 heteroatoms. The zero-order valence-corrected chi connectivity index (χ0v) is 22.2. The Morgan fingerprint density at radius 3 is 2.53 bits per heavy atom. The number of carbonyl (C=O) groups excluding carboxylic acids is 1. The second-order valence-corrected chi connectivity index (χ2v) is 9.55. The van der Waals surface area contributed by atoms with Crippen molar-refractivity contribution in [2.75, 3.05) is 48.7 Å². The van der Waals surface area contributed by atoms with Crippen LogP contribution in [0.1, 0.15) is 45.1 Å². The molecule has 0 bridgehead atoms. The van der Waals surface area contributed by atoms with Crippen molar-refractivity contribution >= 4 is 23.1 Å². The predicted molar refractivity (Wildman–Crippen MR) is 153 cm³/mol. The van der Waals surface area contributed by atoms with Crippen molar-refractivity contribution in [1.29, 1.82) is 5.26 Å². The van der Waals surface area contributed by atoms with Crippen LogP contribution in [0.3, 0.4) is 0 Å². The van der Waals surface area contributed by atoms with Crippen molar-refractivity contribution < 1.29 is 9.90 Å². The van der Waals surface area contributed by atoms with Gasteiger partial charge in [-0.15, -0.1) is 0 Å². The van der Waals surface area contributed by atoms with E-state index >= 15 is 0 Å². The third kappa shape index (κ3) is 6.06. The number of likely N-dealkylation sites (tertiary alicyclic amines) is 1. The number of benzene rings is 2. The maximum absolute atomic E-state index is 13.0. The number of aromatic nitrogens is 1. The molecule has 1 saturated heterocycles. The van der Waals surface area contributed by atoms with E-state index in [4.69, 9.17) is 5.73 Å². The fourth-order valence-corrected chi connectivity index (χ4v) is 5.04. The van der Waals surface area contributed by atoms with Crippen LogP contribution in [0.4, 0.5) is 17.2 Å². The van der Waals surface area contributed by atoms with Crippen molar-refractivity contribution in [1.82, 2.24) is 9.88 Å². The second kappa shape index (κ2) is 12.4. The van der Waals surface area contributed by atoms with E-state index in [1.54, 1.807) is 30.3 Å². The molecule has 2 aromatic carbocycles. The fraction of sp³-hybridized carbons (Fsp3) is 0.367. The molecular formula is C30H36N6O2. The van der Waals surface area contributed by atoms with Gasteiger partial charge in [-0.25, -0.2) is 4.98 Å². The first-order valence-corrected chi connectivity index (χ1v) is 13.4. The number of hydrogen-bond donors (Lipinski definition) is 3. The molecule has 0 radical (unpaired) electrons. The summed E-state index contributed by atoms with van der Waals surface area (Å²) in [6.45, 7) is 8.58. The van der Waals surface area contributed by atoms with Crippen molar-refractivity contribution in [3.63, 3.8) is 0 Å². The third-order valence-electron chi connectivity index (χ3n) is 7.13. The largest absolute Gasteiger partial charge is 0.507 e. The summed E-state index contributed by atoms with van der Waals surface area (Å²) in [6, 6.07) is 16.6. The van der Waals surface area contributed by atoms with E-state index in [-0.39, 0.29) is 23.0 Å². The number of para-hydroxylation sites is 1. The van der Waals surface area contributed by atoms with E-state index in [0.29, 0.717) is 28.9 Å². The van der Waals surface area contributed by atoms with Gasteiger partial charge in [0.2, 0.25) is 5.91 Å². The molecule has 4 N–H and O–H groups in total. The number of aromatic hydroxyl groups is 1. The van der Waals surface area contributed by atoms with Gasteiger partial charge in [-0.05, 0) is 75.7 Å². The summed E-state index contributed by atoms with van der Waals surface area (Å²) in [5.74, 6) is 0.127. The maximum Gasteiger partial charge on any atom is 0.225 e. The molecule has 8 nitrogen and oxygen atoms in total. The number of anilines is 3. The highest BCUT2D eigenvalue weighted by Crippen LogP contribution is 2.37. The highest BCUT2D eigenvalue weighted by Gasteiger charge is 2.19. The molecule has 1 amide bonds. The number of pyridine rings is 1. The first-order valence-electron chi connectivity index (χ1n) is 13.4. The Morgan fingerprint density at radius 1 is 1.11 bits per heavy atom. The van der Waals surface area contributed by atoms with Crippen LogP contribution in [0.15, 0.2) is 48.5 Å². The number of nitrogen functional groups attached to an aromatic ring is 1. The van der Waals surface area contributed by atoms with Crippen LogP contribution < -0.4 is 16.0 Å². The summed E-state index contributed by atoms with van der Waals surface area (Å²) in [5.41, 5.74) is 10.4. The molecule has 1 aromatic heterocycles. The van der Waals surface area contributed by atoms with Gasteiger partial charge in [-0.3, -0.25) is 4.79 Å². The van der Waals surface area contributed by atoms with E-state index in [1.165, 1.54) is 19.3 Å². The fourth-order valence-electron chi connectivity index (χ4n) is 5.04. The number of phenols is 1. The minimum atomic E-state index is -0.0363. The van der Waals surface area contributed by atoms with Gasteiger partial charge in [0.05, 0.1) is 17.1 Å². The number of nitrogens with two attached hydrogens (primary N) is 1. The Kier molecular flexibility index (Phi) is 8.82. The lowest BCUT2D eigenvalue weighted by molar-refractivity contribution is -0.116. The molecule has 4 rings (SSSR count). The number of amides is 1. The normalized spacial score (nSPS) is 13.6. The van der Waals surface area contributed by atoms with Gasteiger partial charge in [0, 0.05) is 37.2 Å². The maximum atomic E-state index is 13.0. The van der Waals surface area contributed by atoms with Crippen LogP contribution in [-0.4, -0.2) is 53.6 Å². The number of nitrogens with zero attached hydrogens (tertiary/aromatic N) is 4. The SMILES string of the molecule is CCN(CC)c1ccc(-c2cc(-c3ccccc3O)nc(N)c2C#N)cc1NC(=O)CCN1CCCCC1. The number of nitrogens with one attached hydrogen (secondary N) is 1. The summed E-state index contributed by atoms with van der Waals surface area (Å²) in [4.78, 5) is 22.0. The molecule has 3 aromatic rings. The number of phenolic OH excluding ortho intramolecular Hbond substituents is 1. The lowest BCUT2D eigenvalue weighted by Gasteiger charge is -2.27. The van der Waals surface area contributed by atoms with Gasteiger partial charge in [0.1, 0.15) is 23.2 Å². The topological polar surface area (TPSA) is 119 Å². The van der Waals surface area contributed by atoms with Crippen molar-refractivity contribution in [3.05, 3.63) is 54.1 Å². The van der Waals surface area contributed by atoms with Gasteiger partial charge >= 0.3 is 0 Å². The van der Waals surface area contributed by atoms with Crippen LogP contribution in [0.25, 0.3) is 22.4 Å². The summed E-state index contributed by atoms with van der Waals surface area (Å²) < 4.78 is 0. The molecule has 0 spiro atoms. The average Bonchev–Trinajstić information content (AvgIpc) is 2.93. The zero-order valence-electron chi connectivity index (χ0n) is 22.2. The number of piperidine rings is 1. The van der Waals surface area contributed by atoms with E-state index < -0.39 is 0 Å². The molecule has 0 saturated carbocycles. The quantitative estimate of drug-likeness (QED) is 0.359. The number of hydrogen-bond acceptors (Lipinski definition) is 7. The monoisotopic (exact) mass is 512 g/mol. The molecule has 198 valence electrons. The number of nitriles is 1. The van der Waals surface area contributed by atoms with Crippen LogP contribution in [-0.2, 0) is 4.79 Å². The van der Waals surface area contributed by atoms with E-state index in [9.17, 15) is 15.2 Å². The van der Waals surface area contributed by atoms with Crippen molar-refractivity contribution in [2.24, 2.45) is 0 Å². The van der Waals surface area contributed by atoms with Gasteiger partial charge in [-0.1, -0.05) is 24.6 Å². The Labute approximate surface area is 224 Å². The smallest absolute Gasteiger partial charge is 0.225 e. The second-order valence-electron chi connectivity index (χ2n) is 9.55. The van der Waals surface area contributed by atoms with Gasteiger partial charge in [0.15, 0.2) is 0 Å². The highest BCUT2D eigenvalue weighted by molar-refractivity contribution is 5.96. The minimum Gasteiger partial charge on any atom is -0.507 e. The lowest BCUT2D eigenvalue weighted by atomic mass is 9.97. The highest BCUT2D eigenvalue weighted by atomic mass is 16.3. The summed E-state index contributed by atoms with van der Waals surface area (Å²) in [5, 5.41) is 23.4. The minimum absolute atomic E-state index is 0.0363. The van der Waals surface area contributed by atoms with Crippen LogP contribution >= 0.6 is 0 Å². The van der Waals surface area contributed by atoms with Crippen molar-refractivity contribution in [2.45, 2.75) is 39.5 Å². The molecule has 0 atom stereocenters. The van der Waals surface area contributed by atoms with Gasteiger partial charge in [-0.2, -0.15) is 5.26 Å². The molecule has 0 aliphatic carbocycles. The third-order valence-corrected chi connectivity index (χ3v) is 7.13. The Morgan fingerprint density at radius 2 is 1.84 bits per heavy atom. The molecule has 0 unspecified atom stereocenters. The van der Waals surface area contributed by atoms with Crippen molar-refractivity contribution in [3.8, 4) is 34.2 Å². The van der Waals surface area contributed by atoms with Crippen LogP contribution in [0.5, 0.6) is 5.75 Å². The molecule has 1 fully saturated rings. The van der Waals surface area contributed by atoms with Crippen LogP contribution in [0, 0.1) is 11.3 Å². The van der Waals surface area contributed by atoms with Gasteiger partial charge < -0.3 is 26.0 Å². The summed E-state index contributed by atoms with van der Waals surface area (Å²) >= 11 is 0. The Bertz CT molecular complexity index is 1320. The lowest BCUT2D eigenvalue weighted by Crippen LogP contribution is -2.32. The Hall–Kier alpha value is -4.09. The molecular weight excluding hydrogens is 476 g/mol. The molecule has 1 aliphatic rings. The van der Waals surface area contributed by atoms with Crippen LogP contribution in [0.2, 0.25) is 0 Å². The average molecular weight is 513 g/mol. The predicted octanol–water partition coefficient (Wildman–Crippen LogP) is 5.24. The zero-order chi connectivity index (χ0) is 27.1. The summed E-state index contributed by atoms with van der Waals surface area (Å²) in [7, 11) is 0. The molecule has 2 heterocycles. The standard InChI is InChI=1S/C30H36N6O2/c1-3-36(4-2)27-13-12-21(18-26(27)33-29(38)14-17-35-15-8-5-9-16-35)23-19-25(34-30(32)24(23)20-31)22-10-6-7-11-28(22)37/h6-7,10-13,18-19,37H,3-5,8-9,14-17H2,1-2H3,(H2,32,34)(H,33,38). The summed E-state index contributed by atoms with van der Waals surface area (Å²) in [6.07, 6.45) is 4.06. The number of rotatable bonds is 9. The molecule has 1 aliphatic heterocycles. The first kappa shape index (κ1) is 27.0. The Balaban J connectivity index is 1.71. The van der Waals surface area contributed by atoms with E-state index in [1.807, 2.05) is 18.2 Å². The first-order chi connectivity index (χ1) is 18.4. The van der Waals surface area contributed by atoms with E-state index in [2.05, 4.69) is 40.0 Å². The van der Waals surface area contributed by atoms with E-state index in [0.717, 1.165) is 44.0 Å². The van der Waals surface area contributed by atoms with Gasteiger partial charge in [0.25, 0.3) is 0 Å².